The highest BCUT2D eigenvalue weighted by molar-refractivity contribution is 6.11. The maximum atomic E-state index is 13.0. The fourth-order valence-corrected chi connectivity index (χ4v) is 4.68. The van der Waals surface area contributed by atoms with E-state index in [1.807, 2.05) is 42.7 Å². The van der Waals surface area contributed by atoms with E-state index in [2.05, 4.69) is 41.3 Å². The van der Waals surface area contributed by atoms with Crippen LogP contribution in [0.4, 0.5) is 11.5 Å². The van der Waals surface area contributed by atoms with Gasteiger partial charge in [0.1, 0.15) is 5.82 Å². The van der Waals surface area contributed by atoms with Crippen LogP contribution in [-0.2, 0) is 6.54 Å². The molecule has 0 aliphatic carbocycles. The van der Waals surface area contributed by atoms with Crippen molar-refractivity contribution in [3.05, 3.63) is 66.2 Å². The minimum atomic E-state index is -0.260. The number of hydrogen-bond donors (Lipinski definition) is 2. The number of pyridine rings is 2. The standard InChI is InChI=1S/C26H27N7O/c34-26(29-21-5-7-24(28-16-21)33-10-1-2-11-33)25-22-13-19(4-6-23(22)30-31-25)20-12-18(14-27-15-20)17-32-8-3-9-32/h4-7,12-16H,1-3,8-11,17H2,(H,29,34)(H,30,31). The van der Waals surface area contributed by atoms with Crippen LogP contribution >= 0.6 is 0 Å². The molecule has 0 atom stereocenters. The van der Waals surface area contributed by atoms with Gasteiger partial charge in [-0.25, -0.2) is 4.98 Å². The monoisotopic (exact) mass is 453 g/mol. The van der Waals surface area contributed by atoms with Gasteiger partial charge in [-0.3, -0.25) is 19.8 Å². The normalized spacial score (nSPS) is 16.1. The van der Waals surface area contributed by atoms with Crippen molar-refractivity contribution in [2.45, 2.75) is 25.8 Å². The Balaban J connectivity index is 1.22. The smallest absolute Gasteiger partial charge is 0.276 e. The molecule has 0 spiro atoms. The van der Waals surface area contributed by atoms with Crippen molar-refractivity contribution in [1.82, 2.24) is 25.1 Å². The Morgan fingerprint density at radius 3 is 2.59 bits per heavy atom. The zero-order chi connectivity index (χ0) is 22.9. The summed E-state index contributed by atoms with van der Waals surface area (Å²) in [4.78, 5) is 26.7. The number of aromatic nitrogens is 4. The number of benzene rings is 1. The van der Waals surface area contributed by atoms with E-state index >= 15 is 0 Å². The summed E-state index contributed by atoms with van der Waals surface area (Å²) in [6, 6.07) is 12.0. The second-order valence-electron chi connectivity index (χ2n) is 9.10. The van der Waals surface area contributed by atoms with E-state index in [0.717, 1.165) is 60.6 Å². The quantitative estimate of drug-likeness (QED) is 0.457. The summed E-state index contributed by atoms with van der Waals surface area (Å²) in [5.74, 6) is 0.694. The predicted octanol–water partition coefficient (Wildman–Crippen LogP) is 4.08. The molecule has 4 aromatic rings. The summed E-state index contributed by atoms with van der Waals surface area (Å²) in [6.45, 7) is 5.31. The fraction of sp³-hybridized carbons (Fsp3) is 0.308. The van der Waals surface area contributed by atoms with E-state index in [-0.39, 0.29) is 5.91 Å². The summed E-state index contributed by atoms with van der Waals surface area (Å²) < 4.78 is 0. The van der Waals surface area contributed by atoms with Gasteiger partial charge < -0.3 is 10.2 Å². The molecule has 0 saturated carbocycles. The minimum Gasteiger partial charge on any atom is -0.357 e. The number of nitrogens with one attached hydrogen (secondary N) is 2. The molecule has 0 unspecified atom stereocenters. The van der Waals surface area contributed by atoms with Crippen molar-refractivity contribution in [1.29, 1.82) is 0 Å². The number of aromatic amines is 1. The number of carbonyl (C=O) groups is 1. The van der Waals surface area contributed by atoms with Gasteiger partial charge in [0.25, 0.3) is 5.91 Å². The maximum absolute atomic E-state index is 13.0. The number of hydrogen-bond acceptors (Lipinski definition) is 6. The molecule has 1 amide bonds. The predicted molar refractivity (Wildman–Crippen MR) is 133 cm³/mol. The van der Waals surface area contributed by atoms with Crippen molar-refractivity contribution in [2.75, 3.05) is 36.4 Å². The van der Waals surface area contributed by atoms with Crippen LogP contribution in [0.15, 0.2) is 55.0 Å². The van der Waals surface area contributed by atoms with E-state index in [0.29, 0.717) is 11.4 Å². The first-order chi connectivity index (χ1) is 16.7. The van der Waals surface area contributed by atoms with E-state index in [4.69, 9.17) is 0 Å². The number of carbonyl (C=O) groups excluding carboxylic acids is 1. The van der Waals surface area contributed by atoms with Gasteiger partial charge in [0, 0.05) is 43.0 Å². The summed E-state index contributed by atoms with van der Waals surface area (Å²) in [5, 5.41) is 11.0. The number of fused-ring (bicyclic) bond motifs is 1. The minimum absolute atomic E-state index is 0.260. The van der Waals surface area contributed by atoms with Crippen LogP contribution in [0.5, 0.6) is 0 Å². The lowest BCUT2D eigenvalue weighted by molar-refractivity contribution is 0.102. The third kappa shape index (κ3) is 4.12. The molecule has 8 nitrogen and oxygen atoms in total. The molecule has 2 N–H and O–H groups in total. The van der Waals surface area contributed by atoms with Gasteiger partial charge in [-0.05, 0) is 73.8 Å². The topological polar surface area (TPSA) is 90.0 Å². The molecule has 8 heteroatoms. The SMILES string of the molecule is O=C(Nc1ccc(N2CCCC2)nc1)c1n[nH]c2ccc(-c3cncc(CN4CCC4)c3)cc12. The largest absolute Gasteiger partial charge is 0.357 e. The zero-order valence-corrected chi connectivity index (χ0v) is 19.0. The molecule has 34 heavy (non-hydrogen) atoms. The average molecular weight is 454 g/mol. The number of nitrogens with zero attached hydrogens (tertiary/aromatic N) is 5. The molecular weight excluding hydrogens is 426 g/mol. The maximum Gasteiger partial charge on any atom is 0.276 e. The Bertz CT molecular complexity index is 1320. The molecule has 0 bridgehead atoms. The molecule has 2 saturated heterocycles. The molecule has 6 rings (SSSR count). The highest BCUT2D eigenvalue weighted by Gasteiger charge is 2.18. The summed E-state index contributed by atoms with van der Waals surface area (Å²) in [7, 11) is 0. The van der Waals surface area contributed by atoms with Gasteiger partial charge >= 0.3 is 0 Å². The van der Waals surface area contributed by atoms with E-state index in [1.54, 1.807) is 6.20 Å². The van der Waals surface area contributed by atoms with Crippen LogP contribution in [0.2, 0.25) is 0 Å². The van der Waals surface area contributed by atoms with Gasteiger partial charge in [0.15, 0.2) is 5.69 Å². The van der Waals surface area contributed by atoms with E-state index < -0.39 is 0 Å². The Hall–Kier alpha value is -3.78. The summed E-state index contributed by atoms with van der Waals surface area (Å²) in [6.07, 6.45) is 9.18. The number of anilines is 2. The molecule has 2 aliphatic rings. The average Bonchev–Trinajstić information content (AvgIpc) is 3.52. The Morgan fingerprint density at radius 1 is 0.941 bits per heavy atom. The Kier molecular flexibility index (Phi) is 5.43. The van der Waals surface area contributed by atoms with Crippen molar-refractivity contribution in [2.24, 2.45) is 0 Å². The van der Waals surface area contributed by atoms with Crippen molar-refractivity contribution < 1.29 is 4.79 Å². The third-order valence-corrected chi connectivity index (χ3v) is 6.70. The lowest BCUT2D eigenvalue weighted by atomic mass is 10.0. The van der Waals surface area contributed by atoms with Gasteiger partial charge in [0.05, 0.1) is 17.4 Å². The van der Waals surface area contributed by atoms with Crippen LogP contribution < -0.4 is 10.2 Å². The van der Waals surface area contributed by atoms with Gasteiger partial charge in [-0.1, -0.05) is 6.07 Å². The highest BCUT2D eigenvalue weighted by Crippen LogP contribution is 2.27. The number of likely N-dealkylation sites (tertiary alicyclic amines) is 1. The molecule has 0 radical (unpaired) electrons. The molecule has 2 aliphatic heterocycles. The Labute approximate surface area is 198 Å². The van der Waals surface area contributed by atoms with Gasteiger partial charge in [0.2, 0.25) is 0 Å². The molecule has 3 aromatic heterocycles. The van der Waals surface area contributed by atoms with Crippen molar-refractivity contribution in [3.8, 4) is 11.1 Å². The fourth-order valence-electron chi connectivity index (χ4n) is 4.68. The van der Waals surface area contributed by atoms with Crippen LogP contribution in [0, 0.1) is 0 Å². The zero-order valence-electron chi connectivity index (χ0n) is 19.0. The van der Waals surface area contributed by atoms with Crippen molar-refractivity contribution in [3.63, 3.8) is 0 Å². The Morgan fingerprint density at radius 2 is 1.82 bits per heavy atom. The number of amides is 1. The number of H-pyrrole nitrogens is 1. The third-order valence-electron chi connectivity index (χ3n) is 6.70. The van der Waals surface area contributed by atoms with Crippen LogP contribution in [-0.4, -0.2) is 57.2 Å². The van der Waals surface area contributed by atoms with Crippen LogP contribution in [0.25, 0.3) is 22.0 Å². The van der Waals surface area contributed by atoms with Gasteiger partial charge in [-0.2, -0.15) is 5.10 Å². The highest BCUT2D eigenvalue weighted by atomic mass is 16.1. The summed E-state index contributed by atoms with van der Waals surface area (Å²) in [5.41, 5.74) is 5.09. The van der Waals surface area contributed by atoms with Crippen LogP contribution in [0.3, 0.4) is 0 Å². The van der Waals surface area contributed by atoms with Gasteiger partial charge in [-0.15, -0.1) is 0 Å². The lowest BCUT2D eigenvalue weighted by Crippen LogP contribution is -2.36. The second-order valence-corrected chi connectivity index (χ2v) is 9.10. The first-order valence-corrected chi connectivity index (χ1v) is 11.9. The molecule has 2 fully saturated rings. The molecular formula is C26H27N7O. The lowest BCUT2D eigenvalue weighted by Gasteiger charge is -2.30. The first kappa shape index (κ1) is 20.8. The van der Waals surface area contributed by atoms with Crippen molar-refractivity contribution >= 4 is 28.3 Å². The number of rotatable bonds is 6. The van der Waals surface area contributed by atoms with E-state index in [9.17, 15) is 4.79 Å². The molecule has 172 valence electrons. The second kappa shape index (κ2) is 8.87. The molecule has 5 heterocycles. The summed E-state index contributed by atoms with van der Waals surface area (Å²) >= 11 is 0. The van der Waals surface area contributed by atoms with E-state index in [1.165, 1.54) is 24.8 Å². The first-order valence-electron chi connectivity index (χ1n) is 11.9. The molecule has 1 aromatic carbocycles. The van der Waals surface area contributed by atoms with Crippen LogP contribution in [0.1, 0.15) is 35.3 Å².